The molecule has 0 aromatic carbocycles. The van der Waals surface area contributed by atoms with Crippen molar-refractivity contribution in [2.45, 2.75) is 24.4 Å². The number of alkyl halides is 3. The predicted molar refractivity (Wildman–Crippen MR) is 79.2 cm³/mol. The third kappa shape index (κ3) is 4.09. The van der Waals surface area contributed by atoms with Crippen molar-refractivity contribution in [3.8, 4) is 0 Å². The Labute approximate surface area is 146 Å². The number of nitrogens with one attached hydrogen (secondary N) is 2. The second-order valence-electron chi connectivity index (χ2n) is 5.76. The fraction of sp³-hybridized carbons (Fsp3) is 0.636. The highest BCUT2D eigenvalue weighted by Crippen LogP contribution is 2.29. The van der Waals surface area contributed by atoms with Crippen LogP contribution in [-0.2, 0) is 29.1 Å². The fourth-order valence-electron chi connectivity index (χ4n) is 2.29. The average Bonchev–Trinajstić information content (AvgIpc) is 2.69. The van der Waals surface area contributed by atoms with Crippen LogP contribution < -0.4 is 10.6 Å². The summed E-state index contributed by atoms with van der Waals surface area (Å²) >= 11 is 0. The predicted octanol–water partition coefficient (Wildman–Crippen LogP) is -0.630. The molecule has 15 heteroatoms. The largest absolute Gasteiger partial charge is 0.534 e. The minimum atomic E-state index is -5.83. The molecule has 26 heavy (non-hydrogen) atoms. The van der Waals surface area contributed by atoms with Gasteiger partial charge < -0.3 is 9.50 Å². The molecule has 0 spiro atoms. The van der Waals surface area contributed by atoms with Gasteiger partial charge in [0.05, 0.1) is 5.75 Å². The number of rotatable bonds is 5. The zero-order chi connectivity index (χ0) is 20.0. The highest BCUT2D eigenvalue weighted by atomic mass is 32.2. The number of amides is 3. The summed E-state index contributed by atoms with van der Waals surface area (Å²) in [6.45, 7) is 0.402. The van der Waals surface area contributed by atoms with Crippen molar-refractivity contribution in [1.29, 1.82) is 0 Å². The lowest BCUT2D eigenvalue weighted by Crippen LogP contribution is -2.53. The average molecular weight is 421 g/mol. The standard InChI is InChI=1S/C11H14F3N3O7S2/c1-10(8(18)15-9(19)16-10)6-25(20,21)17-4-2-7(3-5-17)24-26(22,23)11(12,13)14/h2H,3-6H2,1H3,(H2,15,16,18,19)/t10-/m0/s1. The van der Waals surface area contributed by atoms with Crippen molar-refractivity contribution in [1.82, 2.24) is 14.9 Å². The van der Waals surface area contributed by atoms with Gasteiger partial charge in [0, 0.05) is 19.5 Å². The summed E-state index contributed by atoms with van der Waals surface area (Å²) in [6.07, 6.45) is 0.476. The summed E-state index contributed by atoms with van der Waals surface area (Å²) in [5.74, 6) is -2.14. The quantitative estimate of drug-likeness (QED) is 0.342. The summed E-state index contributed by atoms with van der Waals surface area (Å²) in [7, 11) is -9.92. The Kier molecular flexibility index (Phi) is 5.02. The number of sulfonamides is 1. The van der Waals surface area contributed by atoms with Gasteiger partial charge in [-0.3, -0.25) is 10.1 Å². The number of nitrogens with zero attached hydrogens (tertiary/aromatic N) is 1. The van der Waals surface area contributed by atoms with E-state index in [-0.39, 0.29) is 6.54 Å². The second-order valence-corrected chi connectivity index (χ2v) is 9.26. The number of imide groups is 1. The van der Waals surface area contributed by atoms with E-state index in [1.807, 2.05) is 5.32 Å². The third-order valence-electron chi connectivity index (χ3n) is 3.61. The van der Waals surface area contributed by atoms with Crippen LogP contribution >= 0.6 is 0 Å². The van der Waals surface area contributed by atoms with Gasteiger partial charge >= 0.3 is 21.7 Å². The highest BCUT2D eigenvalue weighted by molar-refractivity contribution is 7.89. The molecule has 0 radical (unpaired) electrons. The van der Waals surface area contributed by atoms with Crippen molar-refractivity contribution < 1.29 is 43.8 Å². The van der Waals surface area contributed by atoms with Gasteiger partial charge in [0.1, 0.15) is 11.3 Å². The van der Waals surface area contributed by atoms with Crippen molar-refractivity contribution >= 4 is 32.1 Å². The highest BCUT2D eigenvalue weighted by Gasteiger charge is 2.49. The van der Waals surface area contributed by atoms with Gasteiger partial charge in [-0.2, -0.15) is 25.9 Å². The molecular weight excluding hydrogens is 407 g/mol. The van der Waals surface area contributed by atoms with Gasteiger partial charge in [-0.1, -0.05) is 0 Å². The number of hydrogen-bond donors (Lipinski definition) is 2. The van der Waals surface area contributed by atoms with Crippen LogP contribution in [0.4, 0.5) is 18.0 Å². The van der Waals surface area contributed by atoms with E-state index in [9.17, 15) is 39.6 Å². The van der Waals surface area contributed by atoms with Crippen molar-refractivity contribution in [3.05, 3.63) is 11.8 Å². The first kappa shape index (κ1) is 20.4. The van der Waals surface area contributed by atoms with Crippen LogP contribution in [0.2, 0.25) is 0 Å². The van der Waals surface area contributed by atoms with E-state index in [4.69, 9.17) is 0 Å². The molecule has 1 fully saturated rings. The molecule has 3 amide bonds. The van der Waals surface area contributed by atoms with Crippen LogP contribution in [0.3, 0.4) is 0 Å². The van der Waals surface area contributed by atoms with E-state index in [1.54, 1.807) is 0 Å². The van der Waals surface area contributed by atoms with Crippen LogP contribution in [0.5, 0.6) is 0 Å². The molecule has 148 valence electrons. The summed E-state index contributed by atoms with van der Waals surface area (Å²) in [5.41, 5.74) is -7.30. The van der Waals surface area contributed by atoms with Gasteiger partial charge in [0.25, 0.3) is 5.91 Å². The smallest absolute Gasteiger partial charge is 0.381 e. The van der Waals surface area contributed by atoms with Crippen molar-refractivity contribution in [2.24, 2.45) is 0 Å². The molecule has 1 saturated heterocycles. The summed E-state index contributed by atoms with van der Waals surface area (Å²) in [6, 6.07) is -0.848. The Hall–Kier alpha value is -1.87. The zero-order valence-corrected chi connectivity index (χ0v) is 14.8. The lowest BCUT2D eigenvalue weighted by Gasteiger charge is -2.29. The maximum Gasteiger partial charge on any atom is 0.534 e. The first-order valence-electron chi connectivity index (χ1n) is 6.97. The van der Waals surface area contributed by atoms with Crippen molar-refractivity contribution in [2.75, 3.05) is 18.8 Å². The number of carbonyl (C=O) groups excluding carboxylic acids is 2. The molecule has 2 aliphatic rings. The Balaban J connectivity index is 2.08. The lowest BCUT2D eigenvalue weighted by molar-refractivity contribution is -0.122. The second kappa shape index (κ2) is 6.38. The Morgan fingerprint density at radius 1 is 1.27 bits per heavy atom. The van der Waals surface area contributed by atoms with Crippen LogP contribution in [0, 0.1) is 0 Å². The molecule has 2 aliphatic heterocycles. The molecule has 2 N–H and O–H groups in total. The van der Waals surface area contributed by atoms with Crippen LogP contribution in [-0.4, -0.2) is 63.0 Å². The summed E-state index contributed by atoms with van der Waals surface area (Å²) in [5, 5.41) is 4.08. The molecule has 0 aliphatic carbocycles. The third-order valence-corrected chi connectivity index (χ3v) is 6.67. The molecule has 2 heterocycles. The normalized spacial score (nSPS) is 25.5. The molecule has 0 bridgehead atoms. The molecule has 10 nitrogen and oxygen atoms in total. The van der Waals surface area contributed by atoms with Gasteiger partial charge in [-0.15, -0.1) is 0 Å². The number of urea groups is 1. The maximum atomic E-state index is 12.4. The molecule has 0 aromatic rings. The number of halogens is 3. The Morgan fingerprint density at radius 2 is 1.88 bits per heavy atom. The SMILES string of the molecule is C[C@@]1(CS(=O)(=O)N2CC=C(OS(=O)(=O)C(F)(F)F)CC2)NC(=O)NC1=O. The van der Waals surface area contributed by atoms with E-state index in [0.29, 0.717) is 0 Å². The van der Waals surface area contributed by atoms with Crippen LogP contribution in [0.1, 0.15) is 13.3 Å². The fourth-order valence-corrected chi connectivity index (χ4v) is 4.60. The number of carbonyl (C=O) groups is 2. The van der Waals surface area contributed by atoms with Gasteiger partial charge in [-0.05, 0) is 13.0 Å². The molecular formula is C11H14F3N3O7S2. The lowest BCUT2D eigenvalue weighted by atomic mass is 10.1. The molecule has 0 aromatic heterocycles. The monoisotopic (exact) mass is 421 g/mol. The minimum Gasteiger partial charge on any atom is -0.381 e. The van der Waals surface area contributed by atoms with Crippen molar-refractivity contribution in [3.63, 3.8) is 0 Å². The van der Waals surface area contributed by atoms with Gasteiger partial charge in [-0.25, -0.2) is 13.2 Å². The van der Waals surface area contributed by atoms with Crippen LogP contribution in [0.25, 0.3) is 0 Å². The summed E-state index contributed by atoms with van der Waals surface area (Å²) < 4.78 is 88.2. The molecule has 1 atom stereocenters. The van der Waals surface area contributed by atoms with E-state index in [0.717, 1.165) is 10.4 Å². The minimum absolute atomic E-state index is 0.354. The number of hydrogen-bond acceptors (Lipinski definition) is 7. The van der Waals surface area contributed by atoms with Crippen LogP contribution in [0.15, 0.2) is 11.8 Å². The van der Waals surface area contributed by atoms with E-state index in [1.165, 1.54) is 6.92 Å². The molecule has 2 rings (SSSR count). The maximum absolute atomic E-state index is 12.4. The molecule has 0 unspecified atom stereocenters. The van der Waals surface area contributed by atoms with E-state index >= 15 is 0 Å². The van der Waals surface area contributed by atoms with E-state index in [2.05, 4.69) is 9.50 Å². The topological polar surface area (TPSA) is 139 Å². The Bertz CT molecular complexity index is 866. The van der Waals surface area contributed by atoms with Gasteiger partial charge in [0.2, 0.25) is 10.0 Å². The first-order valence-corrected chi connectivity index (χ1v) is 9.99. The van der Waals surface area contributed by atoms with E-state index < -0.39 is 67.6 Å². The first-order chi connectivity index (χ1) is 11.7. The zero-order valence-electron chi connectivity index (χ0n) is 13.2. The summed E-state index contributed by atoms with van der Waals surface area (Å²) in [4.78, 5) is 22.8. The Morgan fingerprint density at radius 3 is 2.31 bits per heavy atom. The molecule has 0 saturated carbocycles. The van der Waals surface area contributed by atoms with Gasteiger partial charge in [0.15, 0.2) is 0 Å².